The summed E-state index contributed by atoms with van der Waals surface area (Å²) in [6.07, 6.45) is 33.9. The lowest BCUT2D eigenvalue weighted by Crippen LogP contribution is -2.39. The summed E-state index contributed by atoms with van der Waals surface area (Å²) >= 11 is 0. The highest BCUT2D eigenvalue weighted by molar-refractivity contribution is 5.76. The van der Waals surface area contributed by atoms with Crippen molar-refractivity contribution < 1.29 is 24.9 Å². The number of carbonyl (C=O) groups is 2. The molecule has 2 amide bonds. The van der Waals surface area contributed by atoms with Crippen molar-refractivity contribution in [1.29, 1.82) is 0 Å². The van der Waals surface area contributed by atoms with Crippen molar-refractivity contribution in [1.82, 2.24) is 10.6 Å². The lowest BCUT2D eigenvalue weighted by Gasteiger charge is -2.13. The first-order valence-electron chi connectivity index (χ1n) is 19.3. The van der Waals surface area contributed by atoms with Crippen LogP contribution in [0.25, 0.3) is 0 Å². The number of rotatable bonds is 34. The fourth-order valence-electron chi connectivity index (χ4n) is 5.46. The predicted molar refractivity (Wildman–Crippen MR) is 194 cm³/mol. The van der Waals surface area contributed by atoms with Crippen molar-refractivity contribution >= 4 is 11.8 Å². The van der Waals surface area contributed by atoms with Gasteiger partial charge < -0.3 is 26.0 Å². The number of hydrogen-bond donors (Lipinski definition) is 5. The molecule has 0 aliphatic heterocycles. The van der Waals surface area contributed by atoms with Crippen LogP contribution in [0.5, 0.6) is 0 Å². The number of aliphatic hydroxyl groups is 3. The van der Waals surface area contributed by atoms with E-state index >= 15 is 0 Å². The molecule has 5 N–H and O–H groups in total. The van der Waals surface area contributed by atoms with Crippen LogP contribution in [0.4, 0.5) is 0 Å². The Morgan fingerprint density at radius 2 is 0.848 bits per heavy atom. The van der Waals surface area contributed by atoms with Crippen LogP contribution in [0.1, 0.15) is 181 Å². The molecule has 2 atom stereocenters. The highest BCUT2D eigenvalue weighted by Crippen LogP contribution is 2.12. The molecule has 0 aliphatic carbocycles. The fraction of sp³-hybridized carbons (Fsp3) is 0.846. The average molecular weight is 651 g/mol. The molecule has 0 aromatic carbocycles. The third-order valence-corrected chi connectivity index (χ3v) is 8.55. The molecule has 270 valence electrons. The Balaban J connectivity index is 3.54. The Hall–Kier alpha value is -1.70. The summed E-state index contributed by atoms with van der Waals surface area (Å²) in [4.78, 5) is 24.1. The third-order valence-electron chi connectivity index (χ3n) is 8.55. The fourth-order valence-corrected chi connectivity index (χ4v) is 5.46. The standard InChI is InChI=1S/C39H74N2O5/c1-3-5-7-21-27-35(42)29-23-17-13-9-11-15-19-25-31-38(45)40-33-37(44)34-41-39(46)32-26-20-16-12-10-14-18-24-30-36(43)28-22-8-6-4-2/h17-18,23-24,35-37,42-44H,3-16,19-22,25-34H2,1-2H3,(H,40,45)(H,41,46)/b23-17+,24-18+. The molecular formula is C39H74N2O5. The van der Waals surface area contributed by atoms with E-state index in [0.717, 1.165) is 116 Å². The predicted octanol–water partition coefficient (Wildman–Crippen LogP) is 8.60. The van der Waals surface area contributed by atoms with Crippen LogP contribution >= 0.6 is 0 Å². The Bertz CT molecular complexity index is 682. The topological polar surface area (TPSA) is 119 Å². The van der Waals surface area contributed by atoms with Crippen LogP contribution in [0, 0.1) is 0 Å². The van der Waals surface area contributed by atoms with Gasteiger partial charge in [-0.25, -0.2) is 0 Å². The summed E-state index contributed by atoms with van der Waals surface area (Å²) in [5, 5.41) is 35.6. The molecule has 46 heavy (non-hydrogen) atoms. The molecule has 0 rings (SSSR count). The Morgan fingerprint density at radius 3 is 1.26 bits per heavy atom. The minimum Gasteiger partial charge on any atom is -0.393 e. The maximum atomic E-state index is 12.1. The summed E-state index contributed by atoms with van der Waals surface area (Å²) < 4.78 is 0. The molecule has 2 unspecified atom stereocenters. The van der Waals surface area contributed by atoms with Gasteiger partial charge in [0.1, 0.15) is 0 Å². The van der Waals surface area contributed by atoms with Gasteiger partial charge in [-0.2, -0.15) is 0 Å². The third kappa shape index (κ3) is 33.7. The minimum atomic E-state index is -0.779. The zero-order valence-electron chi connectivity index (χ0n) is 30.0. The molecule has 0 saturated carbocycles. The number of allylic oxidation sites excluding steroid dienone is 2. The SMILES string of the molecule is CCCCCCC(O)C/C=C/CCCCCCCC(=O)NCC(O)CNC(=O)CCCCCCC/C=C/CC(O)CCCCCC. The number of nitrogens with one attached hydrogen (secondary N) is 2. The molecule has 0 heterocycles. The van der Waals surface area contributed by atoms with Gasteiger partial charge in [-0.05, 0) is 64.2 Å². The summed E-state index contributed by atoms with van der Waals surface area (Å²) in [5.41, 5.74) is 0. The molecule has 7 nitrogen and oxygen atoms in total. The molecular weight excluding hydrogens is 576 g/mol. The van der Waals surface area contributed by atoms with E-state index in [4.69, 9.17) is 0 Å². The number of carbonyl (C=O) groups excluding carboxylic acids is 2. The second-order valence-corrected chi connectivity index (χ2v) is 13.3. The van der Waals surface area contributed by atoms with E-state index in [1.165, 1.54) is 38.5 Å². The highest BCUT2D eigenvalue weighted by Gasteiger charge is 2.09. The number of amides is 2. The van der Waals surface area contributed by atoms with E-state index < -0.39 is 6.10 Å². The molecule has 0 fully saturated rings. The smallest absolute Gasteiger partial charge is 0.220 e. The van der Waals surface area contributed by atoms with Crippen LogP contribution < -0.4 is 10.6 Å². The summed E-state index contributed by atoms with van der Waals surface area (Å²) in [7, 11) is 0. The maximum absolute atomic E-state index is 12.1. The van der Waals surface area contributed by atoms with Gasteiger partial charge in [0.2, 0.25) is 11.8 Å². The van der Waals surface area contributed by atoms with E-state index in [9.17, 15) is 24.9 Å². The van der Waals surface area contributed by atoms with Crippen molar-refractivity contribution in [2.45, 2.75) is 199 Å². The van der Waals surface area contributed by atoms with E-state index in [1.54, 1.807) is 0 Å². The number of aliphatic hydroxyl groups excluding tert-OH is 3. The van der Waals surface area contributed by atoms with Crippen LogP contribution in [0.2, 0.25) is 0 Å². The second kappa shape index (κ2) is 34.6. The Kier molecular flexibility index (Phi) is 33.3. The van der Waals surface area contributed by atoms with Gasteiger partial charge in [0.25, 0.3) is 0 Å². The van der Waals surface area contributed by atoms with Crippen molar-refractivity contribution in [3.8, 4) is 0 Å². The molecule has 0 spiro atoms. The van der Waals surface area contributed by atoms with Crippen LogP contribution in [0.15, 0.2) is 24.3 Å². The summed E-state index contributed by atoms with van der Waals surface area (Å²) in [5.74, 6) is -0.0973. The molecule has 0 aromatic heterocycles. The molecule has 0 aromatic rings. The van der Waals surface area contributed by atoms with Gasteiger partial charge in [0.05, 0.1) is 18.3 Å². The lowest BCUT2D eigenvalue weighted by molar-refractivity contribution is -0.121. The van der Waals surface area contributed by atoms with Gasteiger partial charge in [0, 0.05) is 25.9 Å². The van der Waals surface area contributed by atoms with Crippen LogP contribution in [0.3, 0.4) is 0 Å². The normalized spacial score (nSPS) is 13.8. The van der Waals surface area contributed by atoms with E-state index in [0.29, 0.717) is 12.8 Å². The molecule has 0 bridgehead atoms. The monoisotopic (exact) mass is 651 g/mol. The largest absolute Gasteiger partial charge is 0.393 e. The zero-order valence-corrected chi connectivity index (χ0v) is 30.0. The first-order chi connectivity index (χ1) is 22.4. The maximum Gasteiger partial charge on any atom is 0.220 e. The summed E-state index contributed by atoms with van der Waals surface area (Å²) in [6.45, 7) is 4.72. The number of unbranched alkanes of at least 4 members (excludes halogenated alkanes) is 16. The van der Waals surface area contributed by atoms with Crippen molar-refractivity contribution in [3.05, 3.63) is 24.3 Å². The highest BCUT2D eigenvalue weighted by atomic mass is 16.3. The first kappa shape index (κ1) is 44.3. The van der Waals surface area contributed by atoms with Crippen molar-refractivity contribution in [3.63, 3.8) is 0 Å². The lowest BCUT2D eigenvalue weighted by atomic mass is 10.1. The van der Waals surface area contributed by atoms with Gasteiger partial charge in [-0.1, -0.05) is 128 Å². The average Bonchev–Trinajstić information content (AvgIpc) is 3.04. The van der Waals surface area contributed by atoms with Gasteiger partial charge >= 0.3 is 0 Å². The van der Waals surface area contributed by atoms with Crippen LogP contribution in [-0.2, 0) is 9.59 Å². The van der Waals surface area contributed by atoms with Crippen LogP contribution in [-0.4, -0.2) is 58.5 Å². The van der Waals surface area contributed by atoms with Gasteiger partial charge in [0.15, 0.2) is 0 Å². The molecule has 0 saturated heterocycles. The van der Waals surface area contributed by atoms with E-state index in [-0.39, 0.29) is 37.1 Å². The molecule has 0 aliphatic rings. The van der Waals surface area contributed by atoms with Gasteiger partial charge in [-0.3, -0.25) is 9.59 Å². The Morgan fingerprint density at radius 1 is 0.478 bits per heavy atom. The van der Waals surface area contributed by atoms with E-state index in [1.807, 2.05) is 0 Å². The van der Waals surface area contributed by atoms with Crippen molar-refractivity contribution in [2.75, 3.05) is 13.1 Å². The quantitative estimate of drug-likeness (QED) is 0.0353. The first-order valence-corrected chi connectivity index (χ1v) is 19.3. The van der Waals surface area contributed by atoms with E-state index in [2.05, 4.69) is 48.8 Å². The molecule has 0 radical (unpaired) electrons. The Labute approximate surface area is 283 Å². The van der Waals surface area contributed by atoms with Gasteiger partial charge in [-0.15, -0.1) is 0 Å². The number of hydrogen-bond acceptors (Lipinski definition) is 5. The second-order valence-electron chi connectivity index (χ2n) is 13.3. The molecule has 7 heteroatoms. The summed E-state index contributed by atoms with van der Waals surface area (Å²) in [6, 6.07) is 0. The minimum absolute atomic E-state index is 0.0487. The van der Waals surface area contributed by atoms with Crippen molar-refractivity contribution in [2.24, 2.45) is 0 Å². The zero-order chi connectivity index (χ0) is 33.9.